The molecule has 106 valence electrons. The normalized spacial score (nSPS) is 24.2. The van der Waals surface area contributed by atoms with E-state index in [1.165, 1.54) is 6.42 Å². The molecule has 6 nitrogen and oxygen atoms in total. The highest BCUT2D eigenvalue weighted by Crippen LogP contribution is 2.20. The second-order valence-corrected chi connectivity index (χ2v) is 5.19. The van der Waals surface area contributed by atoms with E-state index in [4.69, 9.17) is 0 Å². The third kappa shape index (κ3) is 3.47. The monoisotopic (exact) mass is 265 g/mol. The second-order valence-electron chi connectivity index (χ2n) is 5.19. The molecule has 0 aromatic carbocycles. The maximum atomic E-state index is 12.0. The number of aryl methyl sites for hydroxylation is 1. The summed E-state index contributed by atoms with van der Waals surface area (Å²) < 4.78 is 1.78. The van der Waals surface area contributed by atoms with Gasteiger partial charge in [0.05, 0.1) is 11.9 Å². The Hall–Kier alpha value is -1.56. The summed E-state index contributed by atoms with van der Waals surface area (Å²) in [7, 11) is 0. The fourth-order valence-corrected chi connectivity index (χ4v) is 2.52. The zero-order chi connectivity index (χ0) is 13.8. The summed E-state index contributed by atoms with van der Waals surface area (Å²) >= 11 is 0. The molecule has 1 aromatic rings. The number of aromatic nitrogens is 2. The van der Waals surface area contributed by atoms with Crippen molar-refractivity contribution in [2.45, 2.75) is 58.7 Å². The lowest BCUT2D eigenvalue weighted by Gasteiger charge is -2.38. The Kier molecular flexibility index (Phi) is 4.42. The van der Waals surface area contributed by atoms with Crippen molar-refractivity contribution < 1.29 is 4.79 Å². The van der Waals surface area contributed by atoms with E-state index in [-0.39, 0.29) is 6.03 Å². The Morgan fingerprint density at radius 3 is 2.68 bits per heavy atom. The van der Waals surface area contributed by atoms with Crippen molar-refractivity contribution in [3.05, 3.63) is 12.4 Å². The predicted molar refractivity (Wildman–Crippen MR) is 74.7 cm³/mol. The van der Waals surface area contributed by atoms with E-state index in [0.717, 1.165) is 25.1 Å². The third-order valence-electron chi connectivity index (χ3n) is 3.64. The highest BCUT2D eigenvalue weighted by atomic mass is 16.2. The first-order valence-electron chi connectivity index (χ1n) is 6.98. The van der Waals surface area contributed by atoms with E-state index in [2.05, 4.69) is 29.7 Å². The van der Waals surface area contributed by atoms with Gasteiger partial charge in [-0.3, -0.25) is 10.1 Å². The number of anilines is 1. The van der Waals surface area contributed by atoms with E-state index < -0.39 is 0 Å². The van der Waals surface area contributed by atoms with Crippen LogP contribution >= 0.6 is 0 Å². The smallest absolute Gasteiger partial charge is 0.304 e. The molecule has 0 spiro atoms. The molecule has 0 unspecified atom stereocenters. The van der Waals surface area contributed by atoms with E-state index in [1.54, 1.807) is 10.9 Å². The van der Waals surface area contributed by atoms with Gasteiger partial charge in [0.1, 0.15) is 0 Å². The molecule has 0 saturated carbocycles. The summed E-state index contributed by atoms with van der Waals surface area (Å²) in [5.74, 6) is 0. The topological polar surface area (TPSA) is 62.2 Å². The number of urea groups is 1. The Morgan fingerprint density at radius 2 is 2.11 bits per heavy atom. The van der Waals surface area contributed by atoms with Crippen LogP contribution in [0.25, 0.3) is 0 Å². The lowest BCUT2D eigenvalue weighted by atomic mass is 10.00. The van der Waals surface area contributed by atoms with Crippen molar-refractivity contribution in [2.75, 3.05) is 5.32 Å². The van der Waals surface area contributed by atoms with Crippen LogP contribution in [0.3, 0.4) is 0 Å². The first kappa shape index (κ1) is 13.9. The molecule has 1 aromatic heterocycles. The van der Waals surface area contributed by atoms with Gasteiger partial charge in [-0.2, -0.15) is 5.10 Å². The molecule has 1 aliphatic rings. The molecular formula is C13H23N5O. The molecule has 2 amide bonds. The SMILES string of the molecule is CCn1cc(NC(=O)NN2[C@H](C)CCC[C@H]2C)cn1. The summed E-state index contributed by atoms with van der Waals surface area (Å²) in [6.45, 7) is 7.09. The molecule has 2 atom stereocenters. The Labute approximate surface area is 114 Å². The molecule has 1 fully saturated rings. The number of piperidine rings is 1. The van der Waals surface area contributed by atoms with E-state index in [9.17, 15) is 4.79 Å². The number of hydrogen-bond donors (Lipinski definition) is 2. The van der Waals surface area contributed by atoms with Crippen molar-refractivity contribution in [2.24, 2.45) is 0 Å². The Bertz CT molecular complexity index is 420. The quantitative estimate of drug-likeness (QED) is 0.880. The van der Waals surface area contributed by atoms with Crippen LogP contribution in [0.5, 0.6) is 0 Å². The molecule has 0 aliphatic carbocycles. The highest BCUT2D eigenvalue weighted by molar-refractivity contribution is 5.88. The van der Waals surface area contributed by atoms with Gasteiger partial charge in [-0.15, -0.1) is 0 Å². The van der Waals surface area contributed by atoms with Crippen LogP contribution in [0.1, 0.15) is 40.0 Å². The number of amides is 2. The van der Waals surface area contributed by atoms with Crippen molar-refractivity contribution in [1.82, 2.24) is 20.2 Å². The largest absolute Gasteiger partial charge is 0.333 e. The Balaban J connectivity index is 1.89. The molecule has 0 radical (unpaired) electrons. The van der Waals surface area contributed by atoms with E-state index in [0.29, 0.717) is 12.1 Å². The number of nitrogens with zero attached hydrogens (tertiary/aromatic N) is 3. The minimum Gasteiger partial charge on any atom is -0.304 e. The maximum Gasteiger partial charge on any atom is 0.333 e. The fraction of sp³-hybridized carbons (Fsp3) is 0.692. The van der Waals surface area contributed by atoms with Gasteiger partial charge in [0.15, 0.2) is 0 Å². The van der Waals surface area contributed by atoms with Gasteiger partial charge in [-0.25, -0.2) is 9.80 Å². The number of rotatable bonds is 3. The number of nitrogens with one attached hydrogen (secondary N) is 2. The predicted octanol–water partition coefficient (Wildman–Crippen LogP) is 2.20. The zero-order valence-electron chi connectivity index (χ0n) is 11.9. The molecule has 6 heteroatoms. The maximum absolute atomic E-state index is 12.0. The van der Waals surface area contributed by atoms with Crippen LogP contribution in [-0.4, -0.2) is 32.9 Å². The minimum atomic E-state index is -0.198. The molecule has 2 rings (SSSR count). The van der Waals surface area contributed by atoms with Gasteiger partial charge in [0, 0.05) is 24.8 Å². The molecule has 0 bridgehead atoms. The van der Waals surface area contributed by atoms with Crippen molar-refractivity contribution in [1.29, 1.82) is 0 Å². The number of hydrazine groups is 1. The molecule has 2 N–H and O–H groups in total. The van der Waals surface area contributed by atoms with Crippen LogP contribution in [0.15, 0.2) is 12.4 Å². The molecule has 1 aliphatic heterocycles. The van der Waals surface area contributed by atoms with Gasteiger partial charge in [0.25, 0.3) is 0 Å². The van der Waals surface area contributed by atoms with Crippen LogP contribution in [0, 0.1) is 0 Å². The number of hydrogen-bond acceptors (Lipinski definition) is 3. The van der Waals surface area contributed by atoms with Crippen LogP contribution in [-0.2, 0) is 6.54 Å². The lowest BCUT2D eigenvalue weighted by molar-refractivity contribution is 0.0625. The first-order valence-corrected chi connectivity index (χ1v) is 6.98. The summed E-state index contributed by atoms with van der Waals surface area (Å²) in [5.41, 5.74) is 3.66. The molecular weight excluding hydrogens is 242 g/mol. The van der Waals surface area contributed by atoms with Crippen molar-refractivity contribution in [3.8, 4) is 0 Å². The third-order valence-corrected chi connectivity index (χ3v) is 3.64. The van der Waals surface area contributed by atoms with Gasteiger partial charge in [0.2, 0.25) is 0 Å². The van der Waals surface area contributed by atoms with Gasteiger partial charge < -0.3 is 5.32 Å². The summed E-state index contributed by atoms with van der Waals surface area (Å²) in [6.07, 6.45) is 6.96. The minimum absolute atomic E-state index is 0.198. The average molecular weight is 265 g/mol. The highest BCUT2D eigenvalue weighted by Gasteiger charge is 2.26. The summed E-state index contributed by atoms with van der Waals surface area (Å²) in [5, 5.41) is 8.98. The lowest BCUT2D eigenvalue weighted by Crippen LogP contribution is -2.55. The number of carbonyl (C=O) groups excluding carboxylic acids is 1. The summed E-state index contributed by atoms with van der Waals surface area (Å²) in [4.78, 5) is 12.0. The van der Waals surface area contributed by atoms with Crippen LogP contribution < -0.4 is 10.7 Å². The molecule has 1 saturated heterocycles. The fourth-order valence-electron chi connectivity index (χ4n) is 2.52. The number of carbonyl (C=O) groups is 1. The second kappa shape index (κ2) is 6.06. The first-order chi connectivity index (χ1) is 9.10. The average Bonchev–Trinajstić information content (AvgIpc) is 2.81. The molecule has 2 heterocycles. The van der Waals surface area contributed by atoms with Crippen molar-refractivity contribution in [3.63, 3.8) is 0 Å². The van der Waals surface area contributed by atoms with Gasteiger partial charge >= 0.3 is 6.03 Å². The van der Waals surface area contributed by atoms with Gasteiger partial charge in [-0.05, 0) is 33.6 Å². The van der Waals surface area contributed by atoms with Crippen LogP contribution in [0.2, 0.25) is 0 Å². The van der Waals surface area contributed by atoms with Crippen molar-refractivity contribution >= 4 is 11.7 Å². The van der Waals surface area contributed by atoms with Crippen LogP contribution in [0.4, 0.5) is 10.5 Å². The van der Waals surface area contributed by atoms with E-state index >= 15 is 0 Å². The molecule has 19 heavy (non-hydrogen) atoms. The standard InChI is InChI=1S/C13H23N5O/c1-4-17-9-12(8-14-17)15-13(19)16-18-10(2)6-5-7-11(18)3/h8-11H,4-7H2,1-3H3,(H2,15,16,19)/t10-,11-/m1/s1. The summed E-state index contributed by atoms with van der Waals surface area (Å²) in [6, 6.07) is 0.567. The Morgan fingerprint density at radius 1 is 1.42 bits per heavy atom. The zero-order valence-corrected chi connectivity index (χ0v) is 11.9. The van der Waals surface area contributed by atoms with E-state index in [1.807, 2.05) is 18.1 Å². The van der Waals surface area contributed by atoms with Gasteiger partial charge in [-0.1, -0.05) is 6.42 Å².